The zero-order valence-electron chi connectivity index (χ0n) is 27.3. The van der Waals surface area contributed by atoms with Crippen LogP contribution in [-0.2, 0) is 22.7 Å². The number of nitrogens with two attached hydrogens (primary N) is 1. The smallest absolute Gasteiger partial charge is 0.237 e. The molecule has 4 N–H and O–H groups in total. The van der Waals surface area contributed by atoms with Gasteiger partial charge in [0.15, 0.2) is 0 Å². The van der Waals surface area contributed by atoms with Crippen molar-refractivity contribution in [3.63, 3.8) is 0 Å². The highest BCUT2D eigenvalue weighted by molar-refractivity contribution is 6.39. The number of methoxy groups -OCH3 is 2. The van der Waals surface area contributed by atoms with Gasteiger partial charge in [0.1, 0.15) is 11.4 Å². The third-order valence-electron chi connectivity index (χ3n) is 8.98. The molecule has 49 heavy (non-hydrogen) atoms. The molecule has 2 aliphatic heterocycles. The van der Waals surface area contributed by atoms with Crippen LogP contribution in [0.25, 0.3) is 33.6 Å². The van der Waals surface area contributed by atoms with E-state index in [9.17, 15) is 9.59 Å². The second kappa shape index (κ2) is 15.5. The summed E-state index contributed by atoms with van der Waals surface area (Å²) in [5.74, 6) is 0.545. The lowest BCUT2D eigenvalue weighted by Crippen LogP contribution is -2.38. The molecule has 2 aromatic carbocycles. The molecule has 4 aromatic rings. The number of aromatic nitrogens is 4. The number of nitrogens with zero attached hydrogens (tertiary/aromatic N) is 5. The molecule has 0 saturated carbocycles. The highest BCUT2D eigenvalue weighted by Gasteiger charge is 2.25. The van der Waals surface area contributed by atoms with E-state index >= 15 is 0 Å². The molecule has 0 bridgehead atoms. The fraction of sp³-hybridized carbons (Fsp3) is 0.371. The van der Waals surface area contributed by atoms with E-state index in [1.165, 1.54) is 0 Å². The lowest BCUT2D eigenvalue weighted by molar-refractivity contribution is -0.123. The predicted molar refractivity (Wildman–Crippen MR) is 187 cm³/mol. The van der Waals surface area contributed by atoms with Crippen molar-refractivity contribution < 1.29 is 19.1 Å². The molecular weight excluding hydrogens is 667 g/mol. The van der Waals surface area contributed by atoms with Crippen LogP contribution in [0.2, 0.25) is 10.0 Å². The Morgan fingerprint density at radius 3 is 1.98 bits per heavy atom. The third-order valence-corrected chi connectivity index (χ3v) is 9.80. The quantitative estimate of drug-likeness (QED) is 0.190. The second-order valence-electron chi connectivity index (χ2n) is 12.1. The fourth-order valence-electron chi connectivity index (χ4n) is 6.27. The Labute approximate surface area is 294 Å². The lowest BCUT2D eigenvalue weighted by Gasteiger charge is -2.30. The van der Waals surface area contributed by atoms with Gasteiger partial charge in [-0.1, -0.05) is 59.6 Å². The van der Waals surface area contributed by atoms with Crippen molar-refractivity contribution in [2.75, 3.05) is 33.9 Å². The summed E-state index contributed by atoms with van der Waals surface area (Å²) in [4.78, 5) is 44.1. The monoisotopic (exact) mass is 704 g/mol. The van der Waals surface area contributed by atoms with E-state index in [4.69, 9.17) is 53.4 Å². The van der Waals surface area contributed by atoms with Crippen LogP contribution in [0.15, 0.2) is 48.8 Å². The van der Waals surface area contributed by atoms with Crippen molar-refractivity contribution in [1.82, 2.24) is 35.5 Å². The Hall–Kier alpha value is -4.36. The van der Waals surface area contributed by atoms with E-state index in [2.05, 4.69) is 20.5 Å². The van der Waals surface area contributed by atoms with Crippen LogP contribution in [-0.4, -0.2) is 76.5 Å². The van der Waals surface area contributed by atoms with Gasteiger partial charge in [0.25, 0.3) is 0 Å². The van der Waals surface area contributed by atoms with Gasteiger partial charge in [0.05, 0.1) is 48.0 Å². The van der Waals surface area contributed by atoms with E-state index in [1.54, 1.807) is 26.6 Å². The Balaban J connectivity index is 1.21. The number of nitrogens with one attached hydrogen (secondary N) is 2. The third kappa shape index (κ3) is 7.78. The molecule has 14 heteroatoms. The number of rotatable bonds is 12. The molecule has 0 spiro atoms. The van der Waals surface area contributed by atoms with Crippen molar-refractivity contribution in [3.05, 3.63) is 70.2 Å². The van der Waals surface area contributed by atoms with Crippen LogP contribution in [0.1, 0.15) is 37.1 Å². The average Bonchev–Trinajstić information content (AvgIpc) is 3.53. The largest absolute Gasteiger partial charge is 0.480 e. The molecule has 12 nitrogen and oxygen atoms in total. The number of hydrogen-bond acceptors (Lipinski definition) is 10. The van der Waals surface area contributed by atoms with Gasteiger partial charge in [0, 0.05) is 60.3 Å². The normalized spacial score (nSPS) is 16.8. The topological polar surface area (TPSA) is 157 Å². The number of likely N-dealkylation sites (tertiary alicyclic amines) is 1. The lowest BCUT2D eigenvalue weighted by atomic mass is 9.96. The average molecular weight is 706 g/mol. The van der Waals surface area contributed by atoms with Crippen LogP contribution in [0.4, 0.5) is 0 Å². The van der Waals surface area contributed by atoms with E-state index in [1.807, 2.05) is 36.4 Å². The van der Waals surface area contributed by atoms with E-state index in [0.29, 0.717) is 92.9 Å². The molecule has 1 atom stereocenters. The number of ether oxygens (including phenoxy) is 2. The fourth-order valence-corrected chi connectivity index (χ4v) is 6.92. The molecule has 2 amide bonds. The van der Waals surface area contributed by atoms with Crippen LogP contribution < -0.4 is 25.8 Å². The molecule has 2 aromatic heterocycles. The minimum atomic E-state index is -0.242. The van der Waals surface area contributed by atoms with Gasteiger partial charge in [-0.2, -0.15) is 0 Å². The van der Waals surface area contributed by atoms with Gasteiger partial charge >= 0.3 is 0 Å². The summed E-state index contributed by atoms with van der Waals surface area (Å²) < 4.78 is 11.2. The minimum Gasteiger partial charge on any atom is -0.480 e. The van der Waals surface area contributed by atoms with Crippen LogP contribution in [0.3, 0.4) is 0 Å². The number of carbonyl (C=O) groups excluding carboxylic acids is 2. The Morgan fingerprint density at radius 2 is 1.45 bits per heavy atom. The molecular formula is C35H38Cl2N8O4. The highest BCUT2D eigenvalue weighted by Crippen LogP contribution is 2.42. The zero-order chi connectivity index (χ0) is 34.5. The van der Waals surface area contributed by atoms with E-state index < -0.39 is 0 Å². The molecule has 2 fully saturated rings. The van der Waals surface area contributed by atoms with Crippen molar-refractivity contribution in [2.24, 2.45) is 11.7 Å². The standard InChI is InChI=1S/C35H38Cl2N8O4/c1-48-34-28(16-39-15-21-9-10-30(46)42-21)40-17-26(43-34)24-7-3-5-22(31(24)36)23-6-4-8-25(32(23)37)27-18-41-29(35(44-27)49-2)19-45-13-11-20(12-14-45)33(38)47/h3-8,17-18,20-21,39H,9-16,19H2,1-2H3,(H2,38,47)(H,42,46)/t21-/m0/s1. The first-order valence-electron chi connectivity index (χ1n) is 16.1. The van der Waals surface area contributed by atoms with Gasteiger partial charge < -0.3 is 25.8 Å². The van der Waals surface area contributed by atoms with Gasteiger partial charge in [-0.25, -0.2) is 9.97 Å². The Bertz CT molecular complexity index is 1850. The van der Waals surface area contributed by atoms with Gasteiger partial charge in [-0.15, -0.1) is 0 Å². The summed E-state index contributed by atoms with van der Waals surface area (Å²) in [5, 5.41) is 7.19. The summed E-state index contributed by atoms with van der Waals surface area (Å²) >= 11 is 14.1. The van der Waals surface area contributed by atoms with Crippen LogP contribution in [0, 0.1) is 5.92 Å². The maximum Gasteiger partial charge on any atom is 0.237 e. The summed E-state index contributed by atoms with van der Waals surface area (Å²) in [5.41, 5.74) is 10.7. The highest BCUT2D eigenvalue weighted by atomic mass is 35.5. The minimum absolute atomic E-state index is 0.0794. The van der Waals surface area contributed by atoms with Crippen molar-refractivity contribution in [1.29, 1.82) is 0 Å². The summed E-state index contributed by atoms with van der Waals surface area (Å²) in [6, 6.07) is 11.5. The number of benzene rings is 2. The summed E-state index contributed by atoms with van der Waals surface area (Å²) in [7, 11) is 3.12. The SMILES string of the molecule is COc1nc(-c2cccc(-c3cccc(-c4cnc(CN5CCC(C(N)=O)CC5)c(OC)n4)c3Cl)c2Cl)cnc1CNC[C@@H]1CCC(=O)N1. The molecule has 6 rings (SSSR count). The Kier molecular flexibility index (Phi) is 10.9. The van der Waals surface area contributed by atoms with Crippen LogP contribution in [0.5, 0.6) is 11.8 Å². The maximum atomic E-state index is 11.6. The maximum absolute atomic E-state index is 11.6. The molecule has 0 radical (unpaired) electrons. The first-order valence-corrected chi connectivity index (χ1v) is 16.9. The first-order chi connectivity index (χ1) is 23.7. The van der Waals surface area contributed by atoms with E-state index in [-0.39, 0.29) is 23.8 Å². The number of amides is 2. The van der Waals surface area contributed by atoms with Gasteiger partial charge in [0.2, 0.25) is 23.6 Å². The summed E-state index contributed by atoms with van der Waals surface area (Å²) in [6.45, 7) is 3.10. The van der Waals surface area contributed by atoms with Crippen molar-refractivity contribution >= 4 is 35.0 Å². The van der Waals surface area contributed by atoms with Crippen molar-refractivity contribution in [3.8, 4) is 45.4 Å². The molecule has 2 saturated heterocycles. The zero-order valence-corrected chi connectivity index (χ0v) is 28.9. The molecule has 0 aliphatic carbocycles. The number of hydrogen-bond donors (Lipinski definition) is 3. The van der Waals surface area contributed by atoms with Gasteiger partial charge in [-0.05, 0) is 32.4 Å². The summed E-state index contributed by atoms with van der Waals surface area (Å²) in [6.07, 6.45) is 6.17. The Morgan fingerprint density at radius 1 is 0.898 bits per heavy atom. The molecule has 256 valence electrons. The van der Waals surface area contributed by atoms with E-state index in [0.717, 1.165) is 32.4 Å². The molecule has 0 unspecified atom stereocenters. The van der Waals surface area contributed by atoms with Crippen LogP contribution >= 0.6 is 23.2 Å². The number of halogens is 2. The second-order valence-corrected chi connectivity index (χ2v) is 12.9. The van der Waals surface area contributed by atoms with Gasteiger partial charge in [-0.3, -0.25) is 24.5 Å². The number of carbonyl (C=O) groups is 2. The first kappa shape index (κ1) is 34.5. The van der Waals surface area contributed by atoms with Crippen molar-refractivity contribution in [2.45, 2.75) is 44.8 Å². The molecule has 2 aliphatic rings. The number of piperidine rings is 1. The molecule has 4 heterocycles. The number of primary amides is 1. The predicted octanol–water partition coefficient (Wildman–Crippen LogP) is 4.66.